The molecule has 1 unspecified atom stereocenters. The van der Waals surface area contributed by atoms with Crippen molar-refractivity contribution in [2.24, 2.45) is 11.7 Å². The highest BCUT2D eigenvalue weighted by molar-refractivity contribution is 8.00. The lowest BCUT2D eigenvalue weighted by atomic mass is 9.96. The Kier molecular flexibility index (Phi) is 7.65. The molecule has 3 rings (SSSR count). The van der Waals surface area contributed by atoms with E-state index in [2.05, 4.69) is 36.2 Å². The second kappa shape index (κ2) is 10.2. The van der Waals surface area contributed by atoms with Crippen LogP contribution in [-0.2, 0) is 16.2 Å². The molecular weight excluding hydrogens is 428 g/mol. The van der Waals surface area contributed by atoms with Crippen molar-refractivity contribution >= 4 is 23.6 Å². The largest absolute Gasteiger partial charge is 0.485 e. The van der Waals surface area contributed by atoms with E-state index in [0.717, 1.165) is 16.9 Å². The van der Waals surface area contributed by atoms with E-state index in [1.54, 1.807) is 4.90 Å². The maximum Gasteiger partial charge on any atom is 0.235 e. The molecule has 1 aliphatic rings. The molecule has 2 aromatic rings. The first-order valence-electron chi connectivity index (χ1n) is 10.8. The number of nitrogens with two attached hydrogens (primary N) is 2. The van der Waals surface area contributed by atoms with E-state index < -0.39 is 0 Å². The average Bonchev–Trinajstić information content (AvgIpc) is 3.10. The zero-order valence-electron chi connectivity index (χ0n) is 19.1. The number of nitrogen functional groups attached to an aromatic ring is 1. The van der Waals surface area contributed by atoms with Crippen LogP contribution >= 0.6 is 11.8 Å². The molecule has 10 heteroatoms. The minimum Gasteiger partial charge on any atom is -0.485 e. The van der Waals surface area contributed by atoms with Gasteiger partial charge in [0.25, 0.3) is 0 Å². The molecule has 0 saturated carbocycles. The number of amides is 2. The van der Waals surface area contributed by atoms with Gasteiger partial charge in [-0.1, -0.05) is 37.7 Å². The predicted molar refractivity (Wildman–Crippen MR) is 124 cm³/mol. The van der Waals surface area contributed by atoms with E-state index in [9.17, 15) is 9.59 Å². The molecule has 174 valence electrons. The molecule has 1 saturated heterocycles. The van der Waals surface area contributed by atoms with E-state index in [0.29, 0.717) is 42.8 Å². The van der Waals surface area contributed by atoms with Gasteiger partial charge in [0.1, 0.15) is 12.4 Å². The van der Waals surface area contributed by atoms with Crippen LogP contribution in [0, 0.1) is 12.8 Å². The molecule has 0 radical (unpaired) electrons. The fourth-order valence-electron chi connectivity index (χ4n) is 3.72. The second-order valence-corrected chi connectivity index (χ2v) is 9.82. The molecule has 4 N–H and O–H groups in total. The van der Waals surface area contributed by atoms with Gasteiger partial charge in [0, 0.05) is 19.0 Å². The first-order valence-corrected chi connectivity index (χ1v) is 11.7. The molecule has 1 aromatic heterocycles. The third-order valence-electron chi connectivity index (χ3n) is 5.72. The summed E-state index contributed by atoms with van der Waals surface area (Å²) in [5.41, 5.74) is 7.60. The lowest BCUT2D eigenvalue weighted by Gasteiger charge is -2.32. The summed E-state index contributed by atoms with van der Waals surface area (Å²) in [6, 6.07) is 6.14. The normalized spacial score (nSPS) is 15.7. The standard InChI is InChI=1S/C22H32N6O3S/c1-13(2)17-6-5-14(3)11-18(17)31-12-19-25-26-22(28(19)24)32-15(4)21(30)27-9-7-16(8-10-27)20(23)29/h5-6,11,13,15-16H,7-10,12,24H2,1-4H3,(H2,23,29). The molecule has 2 amide bonds. The molecule has 1 aromatic carbocycles. The van der Waals surface area contributed by atoms with Crippen molar-refractivity contribution in [2.45, 2.75) is 63.5 Å². The first kappa shape index (κ1) is 23.9. The molecule has 1 fully saturated rings. The summed E-state index contributed by atoms with van der Waals surface area (Å²) < 4.78 is 7.38. The Morgan fingerprint density at radius 1 is 1.22 bits per heavy atom. The number of primary amides is 1. The third kappa shape index (κ3) is 5.53. The number of likely N-dealkylation sites (tertiary alicyclic amines) is 1. The second-order valence-electron chi connectivity index (χ2n) is 8.52. The van der Waals surface area contributed by atoms with Crippen molar-refractivity contribution < 1.29 is 14.3 Å². The quantitative estimate of drug-likeness (QED) is 0.456. The van der Waals surface area contributed by atoms with Crippen LogP contribution in [0.4, 0.5) is 0 Å². The van der Waals surface area contributed by atoms with E-state index in [1.165, 1.54) is 16.4 Å². The molecular formula is C22H32N6O3S. The topological polar surface area (TPSA) is 129 Å². The van der Waals surface area contributed by atoms with Gasteiger partial charge in [-0.3, -0.25) is 9.59 Å². The van der Waals surface area contributed by atoms with Crippen molar-refractivity contribution in [2.75, 3.05) is 18.9 Å². The van der Waals surface area contributed by atoms with Crippen molar-refractivity contribution in [3.05, 3.63) is 35.2 Å². The van der Waals surface area contributed by atoms with Gasteiger partial charge in [-0.05, 0) is 49.8 Å². The summed E-state index contributed by atoms with van der Waals surface area (Å²) in [4.78, 5) is 25.9. The van der Waals surface area contributed by atoms with Gasteiger partial charge >= 0.3 is 0 Å². The minimum absolute atomic E-state index is 0.0138. The van der Waals surface area contributed by atoms with E-state index >= 15 is 0 Å². The van der Waals surface area contributed by atoms with Gasteiger partial charge in [0.05, 0.1) is 5.25 Å². The van der Waals surface area contributed by atoms with E-state index in [4.69, 9.17) is 16.3 Å². The molecule has 2 heterocycles. The molecule has 1 atom stereocenters. The zero-order valence-corrected chi connectivity index (χ0v) is 19.9. The summed E-state index contributed by atoms with van der Waals surface area (Å²) in [5, 5.41) is 8.36. The summed E-state index contributed by atoms with van der Waals surface area (Å²) in [5.74, 6) is 7.34. The molecule has 0 spiro atoms. The molecule has 0 aliphatic carbocycles. The molecule has 1 aliphatic heterocycles. The smallest absolute Gasteiger partial charge is 0.235 e. The minimum atomic E-state index is -0.385. The van der Waals surface area contributed by atoms with Crippen LogP contribution in [0.3, 0.4) is 0 Å². The fourth-order valence-corrected chi connectivity index (χ4v) is 4.59. The van der Waals surface area contributed by atoms with Gasteiger partial charge in [-0.25, -0.2) is 4.68 Å². The number of hydrogen-bond acceptors (Lipinski definition) is 7. The third-order valence-corrected chi connectivity index (χ3v) is 6.77. The number of benzene rings is 1. The maximum absolute atomic E-state index is 12.8. The monoisotopic (exact) mass is 460 g/mol. The van der Waals surface area contributed by atoms with Gasteiger partial charge in [-0.2, -0.15) is 0 Å². The number of carbonyl (C=O) groups is 2. The van der Waals surface area contributed by atoms with Crippen molar-refractivity contribution in [3.63, 3.8) is 0 Å². The lowest BCUT2D eigenvalue weighted by Crippen LogP contribution is -2.44. The average molecular weight is 461 g/mol. The number of ether oxygens (including phenoxy) is 1. The highest BCUT2D eigenvalue weighted by atomic mass is 32.2. The maximum atomic E-state index is 12.8. The van der Waals surface area contributed by atoms with Crippen LogP contribution < -0.4 is 16.3 Å². The van der Waals surface area contributed by atoms with E-state index in [-0.39, 0.29) is 29.6 Å². The van der Waals surface area contributed by atoms with Crippen molar-refractivity contribution in [1.29, 1.82) is 0 Å². The Labute approximate surface area is 192 Å². The summed E-state index contributed by atoms with van der Waals surface area (Å²) in [6.07, 6.45) is 1.20. The van der Waals surface area contributed by atoms with Gasteiger partial charge in [0.2, 0.25) is 17.0 Å². The Morgan fingerprint density at radius 2 is 1.91 bits per heavy atom. The van der Waals surface area contributed by atoms with Crippen LogP contribution in [0.25, 0.3) is 0 Å². The Bertz CT molecular complexity index is 969. The van der Waals surface area contributed by atoms with Gasteiger partial charge < -0.3 is 21.2 Å². The van der Waals surface area contributed by atoms with Gasteiger partial charge in [-0.15, -0.1) is 10.2 Å². The number of aromatic nitrogens is 3. The zero-order chi connectivity index (χ0) is 23.4. The SMILES string of the molecule is Cc1ccc(C(C)C)c(OCc2nnc(SC(C)C(=O)N3CCC(C(N)=O)CC3)n2N)c1. The van der Waals surface area contributed by atoms with Crippen LogP contribution in [0.5, 0.6) is 5.75 Å². The van der Waals surface area contributed by atoms with Gasteiger partial charge in [0.15, 0.2) is 5.82 Å². The van der Waals surface area contributed by atoms with Crippen LogP contribution in [0.15, 0.2) is 23.4 Å². The number of rotatable bonds is 8. The molecule has 9 nitrogen and oxygen atoms in total. The number of carbonyl (C=O) groups excluding carboxylic acids is 2. The number of hydrogen-bond donors (Lipinski definition) is 2. The summed E-state index contributed by atoms with van der Waals surface area (Å²) in [7, 11) is 0. The Balaban J connectivity index is 1.60. The predicted octanol–water partition coefficient (Wildman–Crippen LogP) is 2.21. The fraction of sp³-hybridized carbons (Fsp3) is 0.545. The highest BCUT2D eigenvalue weighted by Crippen LogP contribution is 2.29. The van der Waals surface area contributed by atoms with Crippen molar-refractivity contribution in [3.8, 4) is 5.75 Å². The number of piperidine rings is 1. The molecule has 0 bridgehead atoms. The van der Waals surface area contributed by atoms with Crippen LogP contribution in [-0.4, -0.2) is 49.9 Å². The first-order chi connectivity index (χ1) is 15.2. The van der Waals surface area contributed by atoms with Crippen LogP contribution in [0.1, 0.15) is 56.5 Å². The van der Waals surface area contributed by atoms with Crippen molar-refractivity contribution in [1.82, 2.24) is 19.8 Å². The summed E-state index contributed by atoms with van der Waals surface area (Å²) in [6.45, 7) is 9.31. The summed E-state index contributed by atoms with van der Waals surface area (Å²) >= 11 is 1.26. The number of nitrogens with zero attached hydrogens (tertiary/aromatic N) is 4. The Morgan fingerprint density at radius 3 is 2.53 bits per heavy atom. The number of thioether (sulfide) groups is 1. The highest BCUT2D eigenvalue weighted by Gasteiger charge is 2.29. The number of aryl methyl sites for hydroxylation is 1. The van der Waals surface area contributed by atoms with Crippen LogP contribution in [0.2, 0.25) is 0 Å². The van der Waals surface area contributed by atoms with E-state index in [1.807, 2.05) is 19.9 Å². The lowest BCUT2D eigenvalue weighted by molar-refractivity contribution is -0.134. The Hall–Kier alpha value is -2.75. The molecule has 32 heavy (non-hydrogen) atoms.